The van der Waals surface area contributed by atoms with Gasteiger partial charge in [0.1, 0.15) is 0 Å². The number of allylic oxidation sites excluding steroid dienone is 1. The first-order chi connectivity index (χ1) is 15.1. The Morgan fingerprint density at radius 1 is 0.848 bits per heavy atom. The van der Waals surface area contributed by atoms with E-state index in [0.29, 0.717) is 28.6 Å². The molecule has 5 aliphatic carbocycles. The molecule has 0 bridgehead atoms. The normalized spacial score (nSPS) is 54.8. The first-order valence-corrected chi connectivity index (χ1v) is 14.1. The van der Waals surface area contributed by atoms with Gasteiger partial charge in [-0.2, -0.15) is 0 Å². The van der Waals surface area contributed by atoms with E-state index >= 15 is 0 Å². The Hall–Kier alpha value is -0.340. The zero-order valence-corrected chi connectivity index (χ0v) is 23.2. The third-order valence-corrected chi connectivity index (χ3v) is 13.2. The lowest BCUT2D eigenvalue weighted by Gasteiger charge is -2.72. The average Bonchev–Trinajstić information content (AvgIpc) is 2.72. The molecular formula is C31H52O2. The number of hydrogen-bond donors (Lipinski definition) is 1. The number of hydrogen-bond acceptors (Lipinski definition) is 2. The summed E-state index contributed by atoms with van der Waals surface area (Å²) in [6, 6.07) is 0. The van der Waals surface area contributed by atoms with E-state index in [2.05, 4.69) is 61.5 Å². The predicted octanol–water partition coefficient (Wildman–Crippen LogP) is 7.79. The van der Waals surface area contributed by atoms with Crippen molar-refractivity contribution in [2.75, 3.05) is 7.11 Å². The molecule has 0 aliphatic heterocycles. The highest BCUT2D eigenvalue weighted by Gasteiger charge is 2.69. The second kappa shape index (κ2) is 7.12. The molecule has 2 nitrogen and oxygen atoms in total. The molecule has 1 N–H and O–H groups in total. The molecule has 4 fully saturated rings. The van der Waals surface area contributed by atoms with E-state index in [9.17, 15) is 5.11 Å². The molecule has 0 spiro atoms. The van der Waals surface area contributed by atoms with Crippen molar-refractivity contribution in [3.05, 3.63) is 11.6 Å². The molecule has 0 amide bonds. The smallest absolute Gasteiger partial charge is 0.0793 e. The minimum absolute atomic E-state index is 0.0178. The first-order valence-electron chi connectivity index (χ1n) is 14.1. The molecule has 5 rings (SSSR count). The zero-order chi connectivity index (χ0) is 24.2. The molecule has 4 saturated carbocycles. The van der Waals surface area contributed by atoms with Crippen molar-refractivity contribution in [2.24, 2.45) is 50.2 Å². The number of aliphatic hydroxyl groups is 1. The predicted molar refractivity (Wildman–Crippen MR) is 137 cm³/mol. The summed E-state index contributed by atoms with van der Waals surface area (Å²) in [5.41, 5.74) is 3.39. The van der Waals surface area contributed by atoms with E-state index in [-0.39, 0.29) is 33.9 Å². The summed E-state index contributed by atoms with van der Waals surface area (Å²) in [6.45, 7) is 20.2. The molecule has 2 heteroatoms. The summed E-state index contributed by atoms with van der Waals surface area (Å²) in [6.07, 6.45) is 14.1. The van der Waals surface area contributed by atoms with Gasteiger partial charge in [-0.25, -0.2) is 0 Å². The topological polar surface area (TPSA) is 29.5 Å². The van der Waals surface area contributed by atoms with Crippen LogP contribution < -0.4 is 0 Å². The van der Waals surface area contributed by atoms with Crippen LogP contribution in [0.25, 0.3) is 0 Å². The molecule has 188 valence electrons. The average molecular weight is 457 g/mol. The summed E-state index contributed by atoms with van der Waals surface area (Å²) in [4.78, 5) is 0. The van der Waals surface area contributed by atoms with Crippen molar-refractivity contribution in [1.29, 1.82) is 0 Å². The number of aliphatic hydroxyl groups excluding tert-OH is 1. The fourth-order valence-corrected chi connectivity index (χ4v) is 10.8. The zero-order valence-electron chi connectivity index (χ0n) is 23.2. The number of rotatable bonds is 1. The Morgan fingerprint density at radius 2 is 1.52 bits per heavy atom. The highest BCUT2D eigenvalue weighted by atomic mass is 16.5. The molecular weight excluding hydrogens is 404 g/mol. The van der Waals surface area contributed by atoms with E-state index in [1.807, 2.05) is 7.11 Å². The van der Waals surface area contributed by atoms with Crippen LogP contribution in [0.2, 0.25) is 0 Å². The van der Waals surface area contributed by atoms with Crippen LogP contribution in [0.15, 0.2) is 11.6 Å². The summed E-state index contributed by atoms with van der Waals surface area (Å²) < 4.78 is 6.45. The van der Waals surface area contributed by atoms with Gasteiger partial charge < -0.3 is 9.84 Å². The van der Waals surface area contributed by atoms with Gasteiger partial charge in [0.2, 0.25) is 0 Å². The number of fused-ring (bicyclic) bond motifs is 7. The maximum Gasteiger partial charge on any atom is 0.0793 e. The minimum Gasteiger partial charge on any atom is -0.393 e. The fraction of sp³-hybridized carbons (Fsp3) is 0.935. The van der Waals surface area contributed by atoms with Crippen LogP contribution in [0, 0.1) is 50.2 Å². The maximum absolute atomic E-state index is 11.0. The molecule has 9 atom stereocenters. The van der Waals surface area contributed by atoms with Gasteiger partial charge in [0.05, 0.1) is 12.2 Å². The van der Waals surface area contributed by atoms with Gasteiger partial charge in [0.25, 0.3) is 0 Å². The third-order valence-electron chi connectivity index (χ3n) is 13.2. The van der Waals surface area contributed by atoms with Gasteiger partial charge in [-0.05, 0) is 102 Å². The van der Waals surface area contributed by atoms with Crippen molar-refractivity contribution >= 4 is 0 Å². The van der Waals surface area contributed by atoms with E-state index in [1.54, 1.807) is 5.57 Å². The highest BCUT2D eigenvalue weighted by molar-refractivity contribution is 5.35. The fourth-order valence-electron chi connectivity index (χ4n) is 10.8. The van der Waals surface area contributed by atoms with E-state index in [4.69, 9.17) is 4.74 Å². The van der Waals surface area contributed by atoms with Crippen molar-refractivity contribution in [3.63, 3.8) is 0 Å². The molecule has 0 aromatic heterocycles. The van der Waals surface area contributed by atoms with Gasteiger partial charge >= 0.3 is 0 Å². The number of methoxy groups -OCH3 is 1. The Balaban J connectivity index is 1.65. The van der Waals surface area contributed by atoms with Gasteiger partial charge in [-0.15, -0.1) is 0 Å². The Kier molecular flexibility index (Phi) is 5.25. The lowest BCUT2D eigenvalue weighted by molar-refractivity contribution is -0.228. The second-order valence-corrected chi connectivity index (χ2v) is 15.6. The molecule has 0 aromatic carbocycles. The van der Waals surface area contributed by atoms with Crippen LogP contribution >= 0.6 is 0 Å². The Bertz CT molecular complexity index is 840. The van der Waals surface area contributed by atoms with Crippen LogP contribution in [0.1, 0.15) is 113 Å². The highest BCUT2D eigenvalue weighted by Crippen LogP contribution is 2.75. The molecule has 0 radical (unpaired) electrons. The molecule has 0 heterocycles. The van der Waals surface area contributed by atoms with Crippen molar-refractivity contribution in [2.45, 2.75) is 125 Å². The summed E-state index contributed by atoms with van der Waals surface area (Å²) in [7, 11) is 1.97. The van der Waals surface area contributed by atoms with Gasteiger partial charge in [-0.3, -0.25) is 0 Å². The van der Waals surface area contributed by atoms with E-state index in [1.165, 1.54) is 44.9 Å². The van der Waals surface area contributed by atoms with Crippen LogP contribution in [0.3, 0.4) is 0 Å². The SMILES string of the molecule is COC1C=C2[C@H]3CC(C)(C)CC[C@]3(C)CC[C@@]2(C)[C@]2(C)CC[C@@H]3C(C)(C)C(O)CC[C@]3(C)[C@H]12. The summed E-state index contributed by atoms with van der Waals surface area (Å²) in [5, 5.41) is 11.0. The first kappa shape index (κ1) is 24.4. The lowest BCUT2D eigenvalue weighted by Crippen LogP contribution is -2.67. The third kappa shape index (κ3) is 3.04. The minimum atomic E-state index is -0.175. The molecule has 0 aromatic rings. The number of ether oxygens (including phenoxy) is 1. The maximum atomic E-state index is 11.0. The van der Waals surface area contributed by atoms with Gasteiger partial charge in [0, 0.05) is 13.0 Å². The summed E-state index contributed by atoms with van der Waals surface area (Å²) in [5.74, 6) is 1.78. The summed E-state index contributed by atoms with van der Waals surface area (Å²) >= 11 is 0. The Morgan fingerprint density at radius 3 is 2.18 bits per heavy atom. The Labute approximate surface area is 204 Å². The monoisotopic (exact) mass is 456 g/mol. The van der Waals surface area contributed by atoms with Crippen molar-refractivity contribution < 1.29 is 9.84 Å². The van der Waals surface area contributed by atoms with E-state index < -0.39 is 0 Å². The van der Waals surface area contributed by atoms with Crippen LogP contribution in [-0.2, 0) is 4.74 Å². The van der Waals surface area contributed by atoms with Crippen LogP contribution in [0.4, 0.5) is 0 Å². The molecule has 33 heavy (non-hydrogen) atoms. The molecule has 2 unspecified atom stereocenters. The molecule has 0 saturated heterocycles. The molecule has 5 aliphatic rings. The second-order valence-electron chi connectivity index (χ2n) is 15.6. The van der Waals surface area contributed by atoms with Crippen molar-refractivity contribution in [1.82, 2.24) is 0 Å². The van der Waals surface area contributed by atoms with Crippen molar-refractivity contribution in [3.8, 4) is 0 Å². The largest absolute Gasteiger partial charge is 0.393 e. The van der Waals surface area contributed by atoms with Gasteiger partial charge in [-0.1, -0.05) is 67.0 Å². The van der Waals surface area contributed by atoms with Gasteiger partial charge in [0.15, 0.2) is 0 Å². The lowest BCUT2D eigenvalue weighted by atomic mass is 9.33. The van der Waals surface area contributed by atoms with Crippen LogP contribution in [-0.4, -0.2) is 24.4 Å². The van der Waals surface area contributed by atoms with Crippen LogP contribution in [0.5, 0.6) is 0 Å². The standard InChI is InChI=1S/C31H52O2/c1-26(2)14-15-28(5)16-17-30(7)20(21(28)19-26)18-22(33-9)25-29(6)12-11-24(32)27(3,4)23(29)10-13-31(25,30)8/h18,21-25,32H,10-17,19H2,1-9H3/t21-,22?,23-,24?,25+,28-,29+,30-,31-/m1/s1. The van der Waals surface area contributed by atoms with E-state index in [0.717, 1.165) is 12.8 Å². The quantitative estimate of drug-likeness (QED) is 0.408.